The third-order valence-corrected chi connectivity index (χ3v) is 9.22. The van der Waals surface area contributed by atoms with Crippen molar-refractivity contribution < 1.29 is 29.0 Å². The molecule has 3 aromatic rings. The number of phenols is 1. The van der Waals surface area contributed by atoms with Gasteiger partial charge in [-0.1, -0.05) is 12.1 Å². The van der Waals surface area contributed by atoms with Crippen LogP contribution in [0.5, 0.6) is 11.5 Å². The molecule has 6 rings (SSSR count). The van der Waals surface area contributed by atoms with Crippen LogP contribution in [0.15, 0.2) is 59.3 Å². The van der Waals surface area contributed by atoms with Gasteiger partial charge in [-0.25, -0.2) is 4.79 Å². The van der Waals surface area contributed by atoms with Crippen molar-refractivity contribution in [3.63, 3.8) is 0 Å². The predicted molar refractivity (Wildman–Crippen MR) is 132 cm³/mol. The number of benzene rings is 1. The number of piperidine rings is 3. The van der Waals surface area contributed by atoms with Gasteiger partial charge in [0.1, 0.15) is 11.5 Å². The summed E-state index contributed by atoms with van der Waals surface area (Å²) in [7, 11) is 0. The monoisotopic (exact) mass is 500 g/mol. The molecule has 1 aromatic carbocycles. The Hall–Kier alpha value is -2.39. The summed E-state index contributed by atoms with van der Waals surface area (Å²) in [6.07, 6.45) is 3.72. The maximum atomic E-state index is 13.6. The van der Waals surface area contributed by atoms with Crippen molar-refractivity contribution in [2.75, 3.05) is 26.2 Å². The minimum atomic E-state index is -1.77. The maximum Gasteiger partial charge on any atom is 0.353 e. The zero-order chi connectivity index (χ0) is 23.6. The summed E-state index contributed by atoms with van der Waals surface area (Å²) in [4.78, 5) is 14.8. The van der Waals surface area contributed by atoms with Crippen LogP contribution in [0.1, 0.15) is 35.4 Å². The van der Waals surface area contributed by atoms with Crippen LogP contribution in [0.3, 0.4) is 0 Å². The predicted octanol–water partition coefficient (Wildman–Crippen LogP) is 4.72. The van der Waals surface area contributed by atoms with E-state index in [1.807, 2.05) is 22.9 Å². The lowest BCUT2D eigenvalue weighted by Gasteiger charge is -2.53. The molecule has 1 atom stereocenters. The minimum absolute atomic E-state index is 0.219. The first-order chi connectivity index (χ1) is 16.5. The van der Waals surface area contributed by atoms with Crippen molar-refractivity contribution in [2.24, 2.45) is 5.92 Å². The molecule has 0 radical (unpaired) electrons. The summed E-state index contributed by atoms with van der Waals surface area (Å²) in [5, 5.41) is 24.8. The van der Waals surface area contributed by atoms with Gasteiger partial charge in [0.05, 0.1) is 36.0 Å². The summed E-state index contributed by atoms with van der Waals surface area (Å²) in [6, 6.07) is 14.0. The molecule has 0 unspecified atom stereocenters. The highest BCUT2D eigenvalue weighted by molar-refractivity contribution is 7.12. The highest BCUT2D eigenvalue weighted by atomic mass is 32.1. The fourth-order valence-electron chi connectivity index (χ4n) is 5.31. The number of esters is 1. The van der Waals surface area contributed by atoms with Crippen LogP contribution in [0.2, 0.25) is 0 Å². The molecule has 0 spiro atoms. The van der Waals surface area contributed by atoms with Gasteiger partial charge in [0.2, 0.25) is 11.8 Å². The molecule has 3 saturated heterocycles. The molecule has 3 aliphatic heterocycles. The number of aliphatic hydroxyl groups is 1. The number of hydrogen-bond donors (Lipinski definition) is 2. The molecule has 2 N–H and O–H groups in total. The Bertz CT molecular complexity index is 1040. The Morgan fingerprint density at radius 1 is 1.03 bits per heavy atom. The lowest BCUT2D eigenvalue weighted by molar-refractivity contribution is -0.984. The molecule has 2 bridgehead atoms. The largest absolute Gasteiger partial charge is 0.508 e. The van der Waals surface area contributed by atoms with Crippen molar-refractivity contribution in [2.45, 2.75) is 37.5 Å². The van der Waals surface area contributed by atoms with E-state index in [2.05, 4.69) is 0 Å². The van der Waals surface area contributed by atoms with Crippen LogP contribution in [-0.4, -0.2) is 53.1 Å². The first-order valence-corrected chi connectivity index (χ1v) is 13.5. The highest BCUT2D eigenvalue weighted by Gasteiger charge is 2.52. The number of phenolic OH excluding ortho intramolecular Hbond substituents is 1. The normalized spacial score (nSPS) is 24.1. The molecule has 180 valence electrons. The maximum absolute atomic E-state index is 13.6. The fraction of sp³-hybridized carbons (Fsp3) is 0.423. The number of quaternary nitrogens is 1. The van der Waals surface area contributed by atoms with Crippen molar-refractivity contribution in [3.8, 4) is 11.5 Å². The van der Waals surface area contributed by atoms with E-state index in [0.29, 0.717) is 22.3 Å². The van der Waals surface area contributed by atoms with Gasteiger partial charge in [-0.05, 0) is 53.1 Å². The Morgan fingerprint density at radius 2 is 1.68 bits per heavy atom. The van der Waals surface area contributed by atoms with Gasteiger partial charge in [0.15, 0.2) is 0 Å². The van der Waals surface area contributed by atoms with Gasteiger partial charge in [-0.2, -0.15) is 0 Å². The average Bonchev–Trinajstić information content (AvgIpc) is 3.59. The number of hydrogen-bond acceptors (Lipinski definition) is 7. The summed E-state index contributed by atoms with van der Waals surface area (Å²) >= 11 is 2.73. The second-order valence-corrected chi connectivity index (χ2v) is 11.2. The van der Waals surface area contributed by atoms with E-state index in [0.717, 1.165) is 55.6 Å². The lowest BCUT2D eigenvalue weighted by Crippen LogP contribution is -2.66. The number of fused-ring (bicyclic) bond motifs is 3. The van der Waals surface area contributed by atoms with E-state index in [1.165, 1.54) is 22.7 Å². The van der Waals surface area contributed by atoms with E-state index >= 15 is 0 Å². The number of nitrogens with zero attached hydrogens (tertiary/aromatic N) is 1. The zero-order valence-electron chi connectivity index (χ0n) is 19.0. The first kappa shape index (κ1) is 23.4. The van der Waals surface area contributed by atoms with Gasteiger partial charge < -0.3 is 19.7 Å². The van der Waals surface area contributed by atoms with Crippen molar-refractivity contribution in [3.05, 3.63) is 69.0 Å². The van der Waals surface area contributed by atoms with E-state index in [1.54, 1.807) is 36.4 Å². The fourth-order valence-corrected chi connectivity index (χ4v) is 7.02. The van der Waals surface area contributed by atoms with Gasteiger partial charge in [-0.15, -0.1) is 22.7 Å². The first-order valence-electron chi connectivity index (χ1n) is 11.8. The summed E-state index contributed by atoms with van der Waals surface area (Å²) in [6.45, 7) is 3.39. The Labute approximate surface area is 207 Å². The summed E-state index contributed by atoms with van der Waals surface area (Å²) < 4.78 is 12.8. The van der Waals surface area contributed by atoms with E-state index in [-0.39, 0.29) is 12.0 Å². The highest BCUT2D eigenvalue weighted by Crippen LogP contribution is 2.42. The van der Waals surface area contributed by atoms with Crippen molar-refractivity contribution in [1.29, 1.82) is 0 Å². The number of rotatable bonds is 9. The van der Waals surface area contributed by atoms with Crippen molar-refractivity contribution in [1.82, 2.24) is 0 Å². The lowest BCUT2D eigenvalue weighted by atomic mass is 9.84. The topological polar surface area (TPSA) is 76.0 Å². The molecule has 5 heterocycles. The van der Waals surface area contributed by atoms with E-state index in [4.69, 9.17) is 9.47 Å². The second-order valence-electron chi connectivity index (χ2n) is 9.29. The molecule has 0 saturated carbocycles. The Kier molecular flexibility index (Phi) is 6.66. The van der Waals surface area contributed by atoms with Gasteiger partial charge >= 0.3 is 5.97 Å². The van der Waals surface area contributed by atoms with Crippen LogP contribution in [0, 0.1) is 5.92 Å². The van der Waals surface area contributed by atoms with Crippen LogP contribution in [-0.2, 0) is 15.1 Å². The third-order valence-electron chi connectivity index (χ3n) is 7.26. The van der Waals surface area contributed by atoms with Gasteiger partial charge in [-0.3, -0.25) is 4.48 Å². The van der Waals surface area contributed by atoms with Gasteiger partial charge in [0.25, 0.3) is 0 Å². The molecular weight excluding hydrogens is 470 g/mol. The molecule has 0 aliphatic carbocycles. The van der Waals surface area contributed by atoms with Crippen LogP contribution >= 0.6 is 22.7 Å². The number of ether oxygens (including phenoxy) is 2. The van der Waals surface area contributed by atoms with Crippen LogP contribution in [0.25, 0.3) is 0 Å². The number of carbonyl (C=O) groups excluding carboxylic acids is 1. The van der Waals surface area contributed by atoms with Crippen LogP contribution < -0.4 is 4.74 Å². The van der Waals surface area contributed by atoms with E-state index in [9.17, 15) is 15.0 Å². The Morgan fingerprint density at radius 3 is 2.26 bits per heavy atom. The second kappa shape index (κ2) is 9.70. The standard InChI is InChI=1S/C26H29NO5S2/c28-20-6-8-21(9-7-20)31-15-3-12-27-13-10-19(11-14-27)18-24(27)32-25(29)26(30,22-4-1-16-33-22)23-5-2-17-34-23/h1-2,4-9,16-17,19,24,30H,3,10-15,18H2/p+1/t19?,24-,27?/m1/s1. The van der Waals surface area contributed by atoms with Crippen LogP contribution in [0.4, 0.5) is 0 Å². The molecule has 6 nitrogen and oxygen atoms in total. The molecule has 3 aliphatic rings. The number of thiophene rings is 2. The summed E-state index contributed by atoms with van der Waals surface area (Å²) in [5.74, 6) is 0.946. The third kappa shape index (κ3) is 4.47. The molecule has 8 heteroatoms. The number of carbonyl (C=O) groups is 1. The SMILES string of the molecule is O=C(O[C@@H]1CC2CC[N+]1(CCCOc1ccc(O)cc1)CC2)C(O)(c1cccs1)c1cccs1. The Balaban J connectivity index is 1.28. The summed E-state index contributed by atoms with van der Waals surface area (Å²) in [5.41, 5.74) is -1.77. The average molecular weight is 501 g/mol. The molecular formula is C26H30NO5S2+. The smallest absolute Gasteiger partial charge is 0.353 e. The molecule has 34 heavy (non-hydrogen) atoms. The van der Waals surface area contributed by atoms with Gasteiger partial charge in [0, 0.05) is 25.7 Å². The number of aromatic hydroxyl groups is 1. The van der Waals surface area contributed by atoms with Crippen molar-refractivity contribution >= 4 is 28.6 Å². The zero-order valence-corrected chi connectivity index (χ0v) is 20.6. The molecule has 2 aromatic heterocycles. The van der Waals surface area contributed by atoms with E-state index < -0.39 is 11.6 Å². The minimum Gasteiger partial charge on any atom is -0.508 e. The molecule has 0 amide bonds. The molecule has 3 fully saturated rings. The quantitative estimate of drug-likeness (QED) is 0.253.